The average Bonchev–Trinajstić information content (AvgIpc) is 2.59. The third kappa shape index (κ3) is 3.52. The van der Waals surface area contributed by atoms with Gasteiger partial charge in [-0.2, -0.15) is 14.0 Å². The predicted octanol–water partition coefficient (Wildman–Crippen LogP) is 3.25. The molecule has 3 rings (SSSR count). The van der Waals surface area contributed by atoms with Gasteiger partial charge in [0.25, 0.3) is 0 Å². The van der Waals surface area contributed by atoms with Gasteiger partial charge in [0.15, 0.2) is 0 Å². The fourth-order valence-corrected chi connectivity index (χ4v) is 3.47. The van der Waals surface area contributed by atoms with Crippen LogP contribution in [0.1, 0.15) is 18.9 Å². The first-order valence-electron chi connectivity index (χ1n) is 8.14. The highest BCUT2D eigenvalue weighted by molar-refractivity contribution is 5.95. The Morgan fingerprint density at radius 1 is 1.46 bits per heavy atom. The van der Waals surface area contributed by atoms with Gasteiger partial charge in [-0.25, -0.2) is 0 Å². The largest absolute Gasteiger partial charge is 0.481 e. The van der Waals surface area contributed by atoms with Crippen LogP contribution >= 0.6 is 0 Å². The molecular formula is C18H17F2N3O3. The summed E-state index contributed by atoms with van der Waals surface area (Å²) >= 11 is 0. The maximum absolute atomic E-state index is 12.5. The lowest BCUT2D eigenvalue weighted by Gasteiger charge is -2.37. The van der Waals surface area contributed by atoms with Gasteiger partial charge < -0.3 is 14.7 Å². The molecule has 0 spiro atoms. The van der Waals surface area contributed by atoms with Gasteiger partial charge in [-0.05, 0) is 30.5 Å². The Hall–Kier alpha value is -2.95. The van der Waals surface area contributed by atoms with Crippen molar-refractivity contribution in [2.24, 2.45) is 11.8 Å². The lowest BCUT2D eigenvalue weighted by molar-refractivity contribution is -0.142. The number of carbonyl (C=O) groups is 1. The predicted molar refractivity (Wildman–Crippen MR) is 90.2 cm³/mol. The molecule has 2 unspecified atom stereocenters. The molecular weight excluding hydrogens is 344 g/mol. The van der Waals surface area contributed by atoms with Crippen LogP contribution in [-0.2, 0) is 4.79 Å². The second-order valence-corrected chi connectivity index (χ2v) is 6.47. The number of carboxylic acid groups (broad SMARTS) is 1. The molecule has 2 atom stereocenters. The van der Waals surface area contributed by atoms with Crippen molar-refractivity contribution in [1.82, 2.24) is 4.98 Å². The lowest BCUT2D eigenvalue weighted by atomic mass is 9.89. The number of hydrogen-bond donors (Lipinski definition) is 1. The molecule has 0 aliphatic carbocycles. The Morgan fingerprint density at radius 2 is 2.23 bits per heavy atom. The molecule has 1 aromatic heterocycles. The number of anilines is 1. The van der Waals surface area contributed by atoms with Crippen LogP contribution in [0, 0.1) is 23.2 Å². The van der Waals surface area contributed by atoms with E-state index < -0.39 is 18.5 Å². The molecule has 1 aliphatic heterocycles. The Kier molecular flexibility index (Phi) is 4.89. The van der Waals surface area contributed by atoms with E-state index in [0.29, 0.717) is 29.6 Å². The minimum atomic E-state index is -2.96. The molecule has 6 nitrogen and oxygen atoms in total. The van der Waals surface area contributed by atoms with Crippen molar-refractivity contribution in [3.8, 4) is 11.8 Å². The van der Waals surface area contributed by atoms with Crippen LogP contribution in [0.4, 0.5) is 14.5 Å². The van der Waals surface area contributed by atoms with Crippen LogP contribution in [-0.4, -0.2) is 35.8 Å². The highest BCUT2D eigenvalue weighted by atomic mass is 19.3. The van der Waals surface area contributed by atoms with Gasteiger partial charge >= 0.3 is 12.6 Å². The number of nitrogens with zero attached hydrogens (tertiary/aromatic N) is 3. The minimum absolute atomic E-state index is 0.0366. The maximum Gasteiger partial charge on any atom is 0.387 e. The van der Waals surface area contributed by atoms with Crippen LogP contribution in [0.2, 0.25) is 0 Å². The summed E-state index contributed by atoms with van der Waals surface area (Å²) in [6.45, 7) is -0.206. The number of fused-ring (bicyclic) bond motifs is 1. The normalized spacial score (nSPS) is 20.2. The zero-order chi connectivity index (χ0) is 18.8. The summed E-state index contributed by atoms with van der Waals surface area (Å²) in [4.78, 5) is 17.5. The minimum Gasteiger partial charge on any atom is -0.481 e. The van der Waals surface area contributed by atoms with E-state index in [2.05, 4.69) is 15.8 Å². The fourth-order valence-electron chi connectivity index (χ4n) is 3.47. The Bertz CT molecular complexity index is 882. The molecule has 136 valence electrons. The zero-order valence-electron chi connectivity index (χ0n) is 14.0. The topological polar surface area (TPSA) is 86.5 Å². The summed E-state index contributed by atoms with van der Waals surface area (Å²) in [5, 5.41) is 19.4. The lowest BCUT2D eigenvalue weighted by Crippen LogP contribution is -2.43. The standard InChI is InChI=1S/C18H17F2N3O3/c1-10-4-11(17(24)25)9-23(8-10)16-12(6-21)7-22-15-3-2-13(5-14(15)16)26-18(19)20/h2-3,5,7,10-11,18H,4,8-9H2,1H3,(H,24,25). The SMILES string of the molecule is CC1CC(C(=O)O)CN(c2c(C#N)cnc3ccc(OC(F)F)cc23)C1. The monoisotopic (exact) mass is 361 g/mol. The number of nitriles is 1. The molecule has 2 aromatic rings. The Balaban J connectivity index is 2.12. The molecule has 1 aliphatic rings. The van der Waals surface area contributed by atoms with Gasteiger partial charge in [0.1, 0.15) is 11.8 Å². The van der Waals surface area contributed by atoms with Crippen molar-refractivity contribution in [1.29, 1.82) is 5.26 Å². The summed E-state index contributed by atoms with van der Waals surface area (Å²) in [7, 11) is 0. The molecule has 1 aromatic carbocycles. The number of aliphatic carboxylic acids is 1. The molecule has 0 amide bonds. The van der Waals surface area contributed by atoms with Gasteiger partial charge in [0, 0.05) is 24.7 Å². The van der Waals surface area contributed by atoms with E-state index in [1.165, 1.54) is 18.3 Å². The molecule has 0 bridgehead atoms. The number of aromatic nitrogens is 1. The van der Waals surface area contributed by atoms with E-state index in [-0.39, 0.29) is 23.8 Å². The van der Waals surface area contributed by atoms with Crippen LogP contribution < -0.4 is 9.64 Å². The molecule has 26 heavy (non-hydrogen) atoms. The molecule has 8 heteroatoms. The highest BCUT2D eigenvalue weighted by Crippen LogP contribution is 2.35. The van der Waals surface area contributed by atoms with Crippen molar-refractivity contribution in [2.45, 2.75) is 20.0 Å². The van der Waals surface area contributed by atoms with Crippen LogP contribution in [0.15, 0.2) is 24.4 Å². The fraction of sp³-hybridized carbons (Fsp3) is 0.389. The van der Waals surface area contributed by atoms with Gasteiger partial charge in [-0.15, -0.1) is 0 Å². The second-order valence-electron chi connectivity index (χ2n) is 6.47. The molecule has 1 fully saturated rings. The number of ether oxygens (including phenoxy) is 1. The summed E-state index contributed by atoms with van der Waals surface area (Å²) < 4.78 is 29.6. The molecule has 1 N–H and O–H groups in total. The van der Waals surface area contributed by atoms with E-state index in [1.807, 2.05) is 11.8 Å². The van der Waals surface area contributed by atoms with E-state index in [4.69, 9.17) is 0 Å². The molecule has 1 saturated heterocycles. The van der Waals surface area contributed by atoms with Gasteiger partial charge in [0.2, 0.25) is 0 Å². The van der Waals surface area contributed by atoms with E-state index in [0.717, 1.165) is 0 Å². The van der Waals surface area contributed by atoms with Crippen molar-refractivity contribution in [3.63, 3.8) is 0 Å². The van der Waals surface area contributed by atoms with Gasteiger partial charge in [-0.3, -0.25) is 9.78 Å². The summed E-state index contributed by atoms with van der Waals surface area (Å²) in [5.74, 6) is -1.38. The van der Waals surface area contributed by atoms with E-state index >= 15 is 0 Å². The van der Waals surface area contributed by atoms with Crippen molar-refractivity contribution in [2.75, 3.05) is 18.0 Å². The number of benzene rings is 1. The second kappa shape index (κ2) is 7.12. The first-order chi connectivity index (χ1) is 12.4. The van der Waals surface area contributed by atoms with Crippen molar-refractivity contribution in [3.05, 3.63) is 30.0 Å². The zero-order valence-corrected chi connectivity index (χ0v) is 14.0. The number of hydrogen-bond acceptors (Lipinski definition) is 5. The maximum atomic E-state index is 12.5. The van der Waals surface area contributed by atoms with Gasteiger partial charge in [-0.1, -0.05) is 6.92 Å². The molecule has 0 saturated carbocycles. The van der Waals surface area contributed by atoms with E-state index in [9.17, 15) is 23.9 Å². The smallest absolute Gasteiger partial charge is 0.387 e. The van der Waals surface area contributed by atoms with Crippen LogP contribution in [0.25, 0.3) is 10.9 Å². The number of piperidine rings is 1. The van der Waals surface area contributed by atoms with Crippen LogP contribution in [0.5, 0.6) is 5.75 Å². The summed E-state index contributed by atoms with van der Waals surface area (Å²) in [6.07, 6.45) is 1.97. The van der Waals surface area contributed by atoms with E-state index in [1.54, 1.807) is 6.07 Å². The third-order valence-electron chi connectivity index (χ3n) is 4.48. The number of alkyl halides is 2. The quantitative estimate of drug-likeness (QED) is 0.900. The number of carboxylic acids is 1. The van der Waals surface area contributed by atoms with Crippen LogP contribution in [0.3, 0.4) is 0 Å². The molecule has 2 heterocycles. The van der Waals surface area contributed by atoms with Gasteiger partial charge in [0.05, 0.1) is 22.7 Å². The Morgan fingerprint density at radius 3 is 2.88 bits per heavy atom. The molecule has 0 radical (unpaired) electrons. The van der Waals surface area contributed by atoms with Crippen molar-refractivity contribution < 1.29 is 23.4 Å². The first-order valence-corrected chi connectivity index (χ1v) is 8.14. The Labute approximate surface area is 148 Å². The average molecular weight is 361 g/mol. The number of halogens is 2. The first kappa shape index (κ1) is 17.9. The number of pyridine rings is 1. The van der Waals surface area contributed by atoms with Crippen molar-refractivity contribution >= 4 is 22.6 Å². The number of rotatable bonds is 4. The summed E-state index contributed by atoms with van der Waals surface area (Å²) in [5.41, 5.74) is 1.30. The summed E-state index contributed by atoms with van der Waals surface area (Å²) in [6, 6.07) is 6.41. The highest BCUT2D eigenvalue weighted by Gasteiger charge is 2.31. The third-order valence-corrected chi connectivity index (χ3v) is 4.48.